The Morgan fingerprint density at radius 2 is 1.97 bits per heavy atom. The molecule has 160 valence electrons. The van der Waals surface area contributed by atoms with Crippen LogP contribution >= 0.6 is 0 Å². The standard InChI is InChI=1S/C16H15F2N5O6S/c17-7-1-2-8(9(18)3-7)11-12-15(21-5-20-11)23(6-22-12)16-14(25)13(24)10(29-16)4-28-30(19,26)27/h1-3,5-6,10,13-14,16,24-25H,4H2,(H2,19,26,27)/t10-,13-,14-,16-/m1/s1. The summed E-state index contributed by atoms with van der Waals surface area (Å²) in [5.74, 6) is -1.60. The van der Waals surface area contributed by atoms with Gasteiger partial charge in [-0.3, -0.25) is 8.75 Å². The number of benzene rings is 1. The van der Waals surface area contributed by atoms with E-state index in [1.165, 1.54) is 17.0 Å². The number of hydrogen-bond acceptors (Lipinski definition) is 9. The Kier molecular flexibility index (Phi) is 5.21. The molecular formula is C16H15F2N5O6S. The van der Waals surface area contributed by atoms with Crippen molar-refractivity contribution in [2.24, 2.45) is 5.14 Å². The van der Waals surface area contributed by atoms with Gasteiger partial charge in [0.25, 0.3) is 0 Å². The van der Waals surface area contributed by atoms with Crippen LogP contribution in [0.15, 0.2) is 30.9 Å². The van der Waals surface area contributed by atoms with E-state index < -0.39 is 53.1 Å². The van der Waals surface area contributed by atoms with E-state index in [1.807, 2.05) is 0 Å². The molecule has 1 fully saturated rings. The number of fused-ring (bicyclic) bond motifs is 1. The average molecular weight is 443 g/mol. The maximum atomic E-state index is 14.2. The number of aromatic nitrogens is 4. The zero-order valence-corrected chi connectivity index (χ0v) is 15.8. The summed E-state index contributed by atoms with van der Waals surface area (Å²) in [6.07, 6.45) is -3.05. The van der Waals surface area contributed by atoms with E-state index in [0.29, 0.717) is 6.07 Å². The summed E-state index contributed by atoms with van der Waals surface area (Å²) < 4.78 is 60.5. The van der Waals surface area contributed by atoms with Gasteiger partial charge in [0.05, 0.1) is 12.9 Å². The van der Waals surface area contributed by atoms with Gasteiger partial charge in [-0.1, -0.05) is 0 Å². The maximum Gasteiger partial charge on any atom is 0.333 e. The van der Waals surface area contributed by atoms with E-state index in [9.17, 15) is 27.4 Å². The van der Waals surface area contributed by atoms with E-state index >= 15 is 0 Å². The number of ether oxygens (including phenoxy) is 1. The van der Waals surface area contributed by atoms with Crippen LogP contribution in [0.25, 0.3) is 22.4 Å². The molecule has 11 nitrogen and oxygen atoms in total. The van der Waals surface area contributed by atoms with Crippen molar-refractivity contribution in [1.29, 1.82) is 0 Å². The van der Waals surface area contributed by atoms with Crippen molar-refractivity contribution in [2.45, 2.75) is 24.5 Å². The average Bonchev–Trinajstić information content (AvgIpc) is 3.22. The minimum atomic E-state index is -4.28. The Morgan fingerprint density at radius 3 is 2.67 bits per heavy atom. The van der Waals surface area contributed by atoms with Crippen molar-refractivity contribution in [3.63, 3.8) is 0 Å². The van der Waals surface area contributed by atoms with E-state index in [4.69, 9.17) is 9.88 Å². The van der Waals surface area contributed by atoms with Crippen molar-refractivity contribution in [3.8, 4) is 11.3 Å². The summed E-state index contributed by atoms with van der Waals surface area (Å²) in [5.41, 5.74) is 0.338. The third-order valence-corrected chi connectivity index (χ3v) is 5.02. The van der Waals surface area contributed by atoms with Crippen LogP contribution in [-0.4, -0.2) is 63.1 Å². The van der Waals surface area contributed by atoms with Gasteiger partial charge in [0.15, 0.2) is 11.9 Å². The third-order valence-electron chi connectivity index (χ3n) is 4.55. The molecule has 1 aliphatic heterocycles. The third kappa shape index (κ3) is 3.76. The number of aliphatic hydroxyl groups is 2. The first-order valence-electron chi connectivity index (χ1n) is 8.47. The van der Waals surface area contributed by atoms with Crippen molar-refractivity contribution < 1.29 is 36.3 Å². The summed E-state index contributed by atoms with van der Waals surface area (Å²) in [6.45, 7) is -0.624. The maximum absolute atomic E-state index is 14.2. The largest absolute Gasteiger partial charge is 0.387 e. The highest BCUT2D eigenvalue weighted by molar-refractivity contribution is 7.84. The lowest BCUT2D eigenvalue weighted by atomic mass is 10.1. The fourth-order valence-corrected chi connectivity index (χ4v) is 3.50. The van der Waals surface area contributed by atoms with E-state index in [-0.39, 0.29) is 22.4 Å². The highest BCUT2D eigenvalue weighted by Crippen LogP contribution is 2.34. The number of imidazole rings is 1. The van der Waals surface area contributed by atoms with Crippen LogP contribution < -0.4 is 5.14 Å². The minimum Gasteiger partial charge on any atom is -0.387 e. The molecule has 1 saturated heterocycles. The summed E-state index contributed by atoms with van der Waals surface area (Å²) >= 11 is 0. The Balaban J connectivity index is 1.69. The van der Waals surface area contributed by atoms with Crippen molar-refractivity contribution in [1.82, 2.24) is 19.5 Å². The van der Waals surface area contributed by atoms with Crippen molar-refractivity contribution in [2.75, 3.05) is 6.61 Å². The van der Waals surface area contributed by atoms with Gasteiger partial charge < -0.3 is 14.9 Å². The van der Waals surface area contributed by atoms with Gasteiger partial charge in [0, 0.05) is 11.6 Å². The van der Waals surface area contributed by atoms with Gasteiger partial charge >= 0.3 is 10.3 Å². The topological polar surface area (TPSA) is 163 Å². The number of nitrogens with two attached hydrogens (primary N) is 1. The second-order valence-electron chi connectivity index (χ2n) is 6.49. The van der Waals surface area contributed by atoms with Gasteiger partial charge in [-0.25, -0.2) is 28.9 Å². The highest BCUT2D eigenvalue weighted by atomic mass is 32.2. The molecule has 14 heteroatoms. The first-order valence-corrected chi connectivity index (χ1v) is 9.94. The lowest BCUT2D eigenvalue weighted by Gasteiger charge is -2.16. The molecule has 30 heavy (non-hydrogen) atoms. The van der Waals surface area contributed by atoms with Crippen LogP contribution in [-0.2, 0) is 19.2 Å². The zero-order valence-electron chi connectivity index (χ0n) is 15.0. The summed E-state index contributed by atoms with van der Waals surface area (Å²) in [4.78, 5) is 12.2. The normalized spacial score (nSPS) is 24.6. The van der Waals surface area contributed by atoms with Gasteiger partial charge in [0.1, 0.15) is 47.5 Å². The lowest BCUT2D eigenvalue weighted by molar-refractivity contribution is -0.0467. The molecule has 2 aromatic heterocycles. The smallest absolute Gasteiger partial charge is 0.333 e. The van der Waals surface area contributed by atoms with Crippen LogP contribution in [0.3, 0.4) is 0 Å². The van der Waals surface area contributed by atoms with Crippen LogP contribution in [0.1, 0.15) is 6.23 Å². The Bertz CT molecular complexity index is 1210. The lowest BCUT2D eigenvalue weighted by Crippen LogP contribution is -2.35. The predicted octanol–water partition coefficient (Wildman–Crippen LogP) is -0.389. The molecule has 4 rings (SSSR count). The van der Waals surface area contributed by atoms with Gasteiger partial charge in [0.2, 0.25) is 0 Å². The molecule has 0 aliphatic carbocycles. The van der Waals surface area contributed by atoms with Crippen LogP contribution in [0.2, 0.25) is 0 Å². The fourth-order valence-electron chi connectivity index (χ4n) is 3.18. The Labute approximate surface area is 168 Å². The molecular weight excluding hydrogens is 428 g/mol. The Hall–Kier alpha value is -2.62. The molecule has 0 bridgehead atoms. The number of halogens is 2. The first-order chi connectivity index (χ1) is 14.2. The quantitative estimate of drug-likeness (QED) is 0.477. The highest BCUT2D eigenvalue weighted by Gasteiger charge is 2.45. The van der Waals surface area contributed by atoms with E-state index in [0.717, 1.165) is 12.4 Å². The molecule has 4 N–H and O–H groups in total. The molecule has 0 unspecified atom stereocenters. The summed E-state index contributed by atoms with van der Waals surface area (Å²) in [5, 5.41) is 25.2. The summed E-state index contributed by atoms with van der Waals surface area (Å²) in [6, 6.07) is 2.98. The molecule has 4 atom stereocenters. The monoisotopic (exact) mass is 443 g/mol. The second-order valence-corrected chi connectivity index (χ2v) is 7.72. The van der Waals surface area contributed by atoms with Crippen molar-refractivity contribution >= 4 is 21.5 Å². The molecule has 1 aliphatic rings. The molecule has 0 radical (unpaired) electrons. The molecule has 0 saturated carbocycles. The fraction of sp³-hybridized carbons (Fsp3) is 0.312. The van der Waals surface area contributed by atoms with E-state index in [1.54, 1.807) is 0 Å². The first kappa shape index (κ1) is 20.6. The molecule has 3 heterocycles. The van der Waals surface area contributed by atoms with Crippen LogP contribution in [0.4, 0.5) is 8.78 Å². The van der Waals surface area contributed by atoms with Gasteiger partial charge in [-0.15, -0.1) is 0 Å². The zero-order chi connectivity index (χ0) is 21.6. The molecule has 0 amide bonds. The second kappa shape index (κ2) is 7.57. The number of rotatable bonds is 5. The molecule has 1 aromatic carbocycles. The van der Waals surface area contributed by atoms with Crippen LogP contribution in [0.5, 0.6) is 0 Å². The van der Waals surface area contributed by atoms with Gasteiger partial charge in [-0.05, 0) is 12.1 Å². The minimum absolute atomic E-state index is 0.0126. The van der Waals surface area contributed by atoms with E-state index in [2.05, 4.69) is 19.1 Å². The predicted molar refractivity (Wildman–Crippen MR) is 95.7 cm³/mol. The Morgan fingerprint density at radius 1 is 1.20 bits per heavy atom. The molecule has 0 spiro atoms. The van der Waals surface area contributed by atoms with Gasteiger partial charge in [-0.2, -0.15) is 8.42 Å². The van der Waals surface area contributed by atoms with Crippen molar-refractivity contribution in [3.05, 3.63) is 42.5 Å². The summed E-state index contributed by atoms with van der Waals surface area (Å²) in [7, 11) is -4.28. The number of nitrogens with zero attached hydrogens (tertiary/aromatic N) is 4. The number of hydrogen-bond donors (Lipinski definition) is 3. The number of aliphatic hydroxyl groups excluding tert-OH is 2. The SMILES string of the molecule is NS(=O)(=O)OC[C@H]1O[C@@H](n2cnc3c(-c4ccc(F)cc4F)ncnc32)[C@H](O)[C@@H]1O. The van der Waals surface area contributed by atoms with Crippen LogP contribution in [0, 0.1) is 11.6 Å². The molecule has 3 aromatic rings.